The molecule has 3 rings (SSSR count). The van der Waals surface area contributed by atoms with Gasteiger partial charge in [0.05, 0.1) is 13.0 Å². The van der Waals surface area contributed by atoms with Crippen LogP contribution in [0.5, 0.6) is 0 Å². The Kier molecular flexibility index (Phi) is 7.33. The van der Waals surface area contributed by atoms with E-state index in [-0.39, 0.29) is 23.8 Å². The second-order valence-corrected chi connectivity index (χ2v) is 8.26. The van der Waals surface area contributed by atoms with E-state index < -0.39 is 0 Å². The summed E-state index contributed by atoms with van der Waals surface area (Å²) in [5.74, 6) is 3.06. The third-order valence-electron chi connectivity index (χ3n) is 6.30. The minimum atomic E-state index is 0.0698. The van der Waals surface area contributed by atoms with Gasteiger partial charge in [-0.05, 0) is 56.2 Å². The van der Waals surface area contributed by atoms with E-state index in [1.807, 2.05) is 15.9 Å². The maximum Gasteiger partial charge on any atom is 0.228 e. The van der Waals surface area contributed by atoms with Crippen LogP contribution in [0, 0.1) is 32.1 Å². The highest BCUT2D eigenvalue weighted by Crippen LogP contribution is 2.23. The van der Waals surface area contributed by atoms with Crippen LogP contribution in [-0.4, -0.2) is 60.5 Å². The Labute approximate surface area is 174 Å². The van der Waals surface area contributed by atoms with Crippen molar-refractivity contribution in [1.29, 1.82) is 0 Å². The van der Waals surface area contributed by atoms with Crippen molar-refractivity contribution in [3.05, 3.63) is 34.9 Å². The number of nitrogens with zero attached hydrogens (tertiary/aromatic N) is 2. The maximum absolute atomic E-state index is 13.0. The summed E-state index contributed by atoms with van der Waals surface area (Å²) in [5.41, 5.74) is 3.44. The number of carbonyl (C=O) groups is 2. The molecule has 2 aliphatic rings. The smallest absolute Gasteiger partial charge is 0.228 e. The van der Waals surface area contributed by atoms with Crippen molar-refractivity contribution in [2.75, 3.05) is 32.8 Å². The lowest BCUT2D eigenvalue weighted by Gasteiger charge is -2.39. The third kappa shape index (κ3) is 5.39. The minimum absolute atomic E-state index is 0.0698. The molecule has 5 nitrogen and oxygen atoms in total. The molecule has 156 valence electrons. The Morgan fingerprint density at radius 3 is 2.45 bits per heavy atom. The topological polar surface area (TPSA) is 49.9 Å². The number of benzene rings is 1. The van der Waals surface area contributed by atoms with E-state index >= 15 is 0 Å². The Bertz CT molecular complexity index is 769. The molecule has 1 aromatic carbocycles. The Morgan fingerprint density at radius 2 is 1.83 bits per heavy atom. The molecule has 0 saturated carbocycles. The second kappa shape index (κ2) is 9.93. The average molecular weight is 397 g/mol. The highest BCUT2D eigenvalue weighted by molar-refractivity contribution is 5.80. The van der Waals surface area contributed by atoms with Gasteiger partial charge in [0, 0.05) is 38.3 Å². The van der Waals surface area contributed by atoms with Crippen molar-refractivity contribution in [2.45, 2.75) is 52.0 Å². The molecule has 2 aliphatic heterocycles. The number of rotatable bonds is 5. The van der Waals surface area contributed by atoms with Gasteiger partial charge >= 0.3 is 0 Å². The lowest BCUT2D eigenvalue weighted by atomic mass is 9.95. The van der Waals surface area contributed by atoms with Crippen molar-refractivity contribution in [2.24, 2.45) is 5.92 Å². The number of carbonyl (C=O) groups excluding carboxylic acids is 2. The second-order valence-electron chi connectivity index (χ2n) is 8.26. The molecule has 0 aliphatic carbocycles. The standard InChI is InChI=1S/C24H32N2O3/c1-4-11-26(23(27)17-20-6-5-18(2)19(3)16-20)22-7-12-25(13-8-22)24(28)21-9-14-29-15-10-21/h1,5-6,16,21-22H,7-15,17H2,2-3H3. The van der Waals surface area contributed by atoms with Crippen LogP contribution < -0.4 is 0 Å². The molecule has 0 atom stereocenters. The van der Waals surface area contributed by atoms with Gasteiger partial charge in [-0.1, -0.05) is 24.1 Å². The van der Waals surface area contributed by atoms with Crippen LogP contribution in [0.3, 0.4) is 0 Å². The highest BCUT2D eigenvalue weighted by atomic mass is 16.5. The Hall–Kier alpha value is -2.32. The molecule has 0 aromatic heterocycles. The van der Waals surface area contributed by atoms with Crippen molar-refractivity contribution in [1.82, 2.24) is 9.80 Å². The first-order valence-electron chi connectivity index (χ1n) is 10.6. The number of likely N-dealkylation sites (tertiary alicyclic amines) is 1. The summed E-state index contributed by atoms with van der Waals surface area (Å²) >= 11 is 0. The van der Waals surface area contributed by atoms with Gasteiger partial charge in [0.1, 0.15) is 0 Å². The maximum atomic E-state index is 13.0. The summed E-state index contributed by atoms with van der Waals surface area (Å²) in [4.78, 5) is 29.5. The first-order chi connectivity index (χ1) is 14.0. The molecule has 5 heteroatoms. The minimum Gasteiger partial charge on any atom is -0.381 e. The van der Waals surface area contributed by atoms with Gasteiger partial charge < -0.3 is 14.5 Å². The number of terminal acetylenes is 1. The van der Waals surface area contributed by atoms with Gasteiger partial charge in [-0.3, -0.25) is 9.59 Å². The van der Waals surface area contributed by atoms with Crippen LogP contribution in [0.2, 0.25) is 0 Å². The molecule has 0 spiro atoms. The molecular weight excluding hydrogens is 364 g/mol. The fourth-order valence-corrected chi connectivity index (χ4v) is 4.31. The lowest BCUT2D eigenvalue weighted by molar-refractivity contribution is -0.141. The van der Waals surface area contributed by atoms with E-state index in [9.17, 15) is 9.59 Å². The molecule has 0 radical (unpaired) electrons. The van der Waals surface area contributed by atoms with Gasteiger partial charge in [-0.25, -0.2) is 0 Å². The molecule has 2 heterocycles. The molecule has 1 aromatic rings. The zero-order chi connectivity index (χ0) is 20.8. The van der Waals surface area contributed by atoms with E-state index in [4.69, 9.17) is 11.2 Å². The van der Waals surface area contributed by atoms with E-state index in [0.717, 1.165) is 31.2 Å². The van der Waals surface area contributed by atoms with E-state index in [0.29, 0.717) is 39.3 Å². The van der Waals surface area contributed by atoms with Crippen LogP contribution in [-0.2, 0) is 20.7 Å². The quantitative estimate of drug-likeness (QED) is 0.719. The Balaban J connectivity index is 1.58. The van der Waals surface area contributed by atoms with E-state index in [1.54, 1.807) is 0 Å². The zero-order valence-corrected chi connectivity index (χ0v) is 17.7. The molecule has 2 amide bonds. The molecule has 29 heavy (non-hydrogen) atoms. The predicted octanol–water partition coefficient (Wildman–Crippen LogP) is 2.73. The molecule has 0 bridgehead atoms. The monoisotopic (exact) mass is 396 g/mol. The summed E-state index contributed by atoms with van der Waals surface area (Å²) in [5, 5.41) is 0. The number of hydrogen-bond donors (Lipinski definition) is 0. The molecule has 0 N–H and O–H groups in total. The van der Waals surface area contributed by atoms with Crippen LogP contribution in [0.4, 0.5) is 0 Å². The summed E-state index contributed by atoms with van der Waals surface area (Å²) < 4.78 is 5.37. The van der Waals surface area contributed by atoms with Gasteiger partial charge in [-0.2, -0.15) is 0 Å². The van der Waals surface area contributed by atoms with Crippen LogP contribution >= 0.6 is 0 Å². The van der Waals surface area contributed by atoms with Crippen molar-refractivity contribution in [3.8, 4) is 12.3 Å². The molecule has 0 unspecified atom stereocenters. The van der Waals surface area contributed by atoms with Crippen molar-refractivity contribution >= 4 is 11.8 Å². The first kappa shape index (κ1) is 21.4. The van der Waals surface area contributed by atoms with E-state index in [1.165, 1.54) is 11.1 Å². The first-order valence-corrected chi connectivity index (χ1v) is 10.6. The zero-order valence-electron chi connectivity index (χ0n) is 17.7. The summed E-state index contributed by atoms with van der Waals surface area (Å²) in [6, 6.07) is 6.26. The normalized spacial score (nSPS) is 18.3. The van der Waals surface area contributed by atoms with Crippen molar-refractivity contribution in [3.63, 3.8) is 0 Å². The summed E-state index contributed by atoms with van der Waals surface area (Å²) in [6.45, 7) is 7.19. The lowest BCUT2D eigenvalue weighted by Crippen LogP contribution is -2.50. The summed E-state index contributed by atoms with van der Waals surface area (Å²) in [7, 11) is 0. The van der Waals surface area contributed by atoms with Gasteiger partial charge in [0.25, 0.3) is 0 Å². The number of aryl methyl sites for hydroxylation is 2. The van der Waals surface area contributed by atoms with Crippen LogP contribution in [0.1, 0.15) is 42.4 Å². The number of hydrogen-bond acceptors (Lipinski definition) is 3. The van der Waals surface area contributed by atoms with Crippen molar-refractivity contribution < 1.29 is 14.3 Å². The van der Waals surface area contributed by atoms with Crippen LogP contribution in [0.15, 0.2) is 18.2 Å². The SMILES string of the molecule is C#CCN(C(=O)Cc1ccc(C)c(C)c1)C1CCN(C(=O)C2CCOCC2)CC1. The van der Waals surface area contributed by atoms with Gasteiger partial charge in [0.2, 0.25) is 11.8 Å². The fourth-order valence-electron chi connectivity index (χ4n) is 4.31. The van der Waals surface area contributed by atoms with Crippen LogP contribution in [0.25, 0.3) is 0 Å². The largest absolute Gasteiger partial charge is 0.381 e. The average Bonchev–Trinajstić information content (AvgIpc) is 2.75. The number of amides is 2. The Morgan fingerprint density at radius 1 is 1.14 bits per heavy atom. The van der Waals surface area contributed by atoms with Gasteiger partial charge in [-0.15, -0.1) is 6.42 Å². The van der Waals surface area contributed by atoms with E-state index in [2.05, 4.69) is 31.9 Å². The fraction of sp³-hybridized carbons (Fsp3) is 0.583. The molecular formula is C24H32N2O3. The van der Waals surface area contributed by atoms with Gasteiger partial charge in [0.15, 0.2) is 0 Å². The number of ether oxygens (including phenoxy) is 1. The highest BCUT2D eigenvalue weighted by Gasteiger charge is 2.32. The third-order valence-corrected chi connectivity index (χ3v) is 6.30. The molecule has 2 fully saturated rings. The predicted molar refractivity (Wildman–Crippen MR) is 113 cm³/mol. The molecule has 2 saturated heterocycles. The summed E-state index contributed by atoms with van der Waals surface area (Å²) in [6.07, 6.45) is 9.13. The number of piperidine rings is 1.